The number of aliphatic hydroxyl groups is 2. The lowest BCUT2D eigenvalue weighted by Crippen LogP contribution is -2.50. The molecule has 1 fully saturated rings. The number of aliphatic hydroxyl groups excluding tert-OH is 2. The summed E-state index contributed by atoms with van der Waals surface area (Å²) in [5, 5.41) is 21.7. The Morgan fingerprint density at radius 1 is 1.55 bits per heavy atom. The van der Waals surface area contributed by atoms with Gasteiger partial charge in [-0.05, 0) is 26.2 Å². The van der Waals surface area contributed by atoms with Crippen LogP contribution in [-0.2, 0) is 14.3 Å². The highest BCUT2D eigenvalue weighted by atomic mass is 16.6. The van der Waals surface area contributed by atoms with E-state index in [-0.39, 0.29) is 12.0 Å². The van der Waals surface area contributed by atoms with Gasteiger partial charge in [0.2, 0.25) is 0 Å². The first-order valence-electron chi connectivity index (χ1n) is 7.94. The van der Waals surface area contributed by atoms with Crippen molar-refractivity contribution in [3.8, 4) is 0 Å². The minimum atomic E-state index is -1.28. The number of rotatable bonds is 8. The first-order chi connectivity index (χ1) is 10.4. The maximum Gasteiger partial charge on any atom is 0.253 e. The lowest BCUT2D eigenvalue weighted by Gasteiger charge is -2.36. The van der Waals surface area contributed by atoms with E-state index in [1.807, 2.05) is 20.8 Å². The van der Waals surface area contributed by atoms with Crippen LogP contribution in [0.1, 0.15) is 46.5 Å². The molecule has 22 heavy (non-hydrogen) atoms. The van der Waals surface area contributed by atoms with Crippen molar-refractivity contribution in [2.75, 3.05) is 6.79 Å². The number of carbonyl (C=O) groups excluding carboxylic acids is 1. The fourth-order valence-electron chi connectivity index (χ4n) is 2.49. The predicted octanol–water partition coefficient (Wildman–Crippen LogP) is 1.32. The third-order valence-corrected chi connectivity index (χ3v) is 4.22. The van der Waals surface area contributed by atoms with Crippen molar-refractivity contribution in [1.29, 1.82) is 0 Å². The standard InChI is InChI=1S/C16H29NO5/c1-5-6-7-14(21-9-18)17-16(20)15(19)13-8-10(2)11(3)12(4)22-13/h11-15,18-19H,2,5-9H2,1,3-4H3,(H,17,20)/t11-,12?,13?,14?,15?/m1/s1. The molecule has 6 nitrogen and oxygen atoms in total. The van der Waals surface area contributed by atoms with Gasteiger partial charge >= 0.3 is 0 Å². The number of unbranched alkanes of at least 4 members (excludes halogenated alkanes) is 1. The van der Waals surface area contributed by atoms with E-state index < -0.39 is 31.1 Å². The zero-order valence-corrected chi connectivity index (χ0v) is 13.7. The van der Waals surface area contributed by atoms with E-state index in [1.165, 1.54) is 0 Å². The van der Waals surface area contributed by atoms with Gasteiger partial charge in [0.1, 0.15) is 13.0 Å². The van der Waals surface area contributed by atoms with E-state index in [1.54, 1.807) is 0 Å². The molecular weight excluding hydrogens is 286 g/mol. The van der Waals surface area contributed by atoms with Crippen LogP contribution in [0.25, 0.3) is 0 Å². The monoisotopic (exact) mass is 315 g/mol. The number of hydrogen-bond acceptors (Lipinski definition) is 5. The molecule has 5 atom stereocenters. The van der Waals surface area contributed by atoms with Crippen LogP contribution in [0.4, 0.5) is 0 Å². The van der Waals surface area contributed by atoms with Gasteiger partial charge in [0, 0.05) is 5.92 Å². The van der Waals surface area contributed by atoms with Gasteiger partial charge in [-0.15, -0.1) is 0 Å². The van der Waals surface area contributed by atoms with E-state index >= 15 is 0 Å². The Bertz CT molecular complexity index is 374. The van der Waals surface area contributed by atoms with Crippen molar-refractivity contribution in [3.63, 3.8) is 0 Å². The molecule has 1 rings (SSSR count). The molecule has 0 aromatic carbocycles. The van der Waals surface area contributed by atoms with Crippen LogP contribution in [0.5, 0.6) is 0 Å². The molecule has 1 heterocycles. The fourth-order valence-corrected chi connectivity index (χ4v) is 2.49. The fraction of sp³-hybridized carbons (Fsp3) is 0.812. The van der Waals surface area contributed by atoms with Gasteiger partial charge in [-0.25, -0.2) is 0 Å². The quantitative estimate of drug-likeness (QED) is 0.464. The predicted molar refractivity (Wildman–Crippen MR) is 82.9 cm³/mol. The average Bonchev–Trinajstić information content (AvgIpc) is 2.49. The van der Waals surface area contributed by atoms with Crippen LogP contribution in [0.3, 0.4) is 0 Å². The minimum absolute atomic E-state index is 0.0849. The summed E-state index contributed by atoms with van der Waals surface area (Å²) in [6.45, 7) is 9.46. The second kappa shape index (κ2) is 9.25. The lowest BCUT2D eigenvalue weighted by atomic mass is 9.88. The lowest BCUT2D eigenvalue weighted by molar-refractivity contribution is -0.153. The van der Waals surface area contributed by atoms with E-state index in [9.17, 15) is 9.90 Å². The normalized spacial score (nSPS) is 28.2. The summed E-state index contributed by atoms with van der Waals surface area (Å²) in [5.74, 6) is -0.337. The number of carbonyl (C=O) groups is 1. The number of amides is 1. The molecule has 0 aliphatic carbocycles. The molecule has 0 radical (unpaired) electrons. The molecule has 128 valence electrons. The molecule has 3 N–H and O–H groups in total. The second-order valence-electron chi connectivity index (χ2n) is 5.91. The first-order valence-corrected chi connectivity index (χ1v) is 7.94. The van der Waals surface area contributed by atoms with Crippen LogP contribution >= 0.6 is 0 Å². The summed E-state index contributed by atoms with van der Waals surface area (Å²) in [6.07, 6.45) is 0.282. The molecule has 0 aromatic rings. The molecule has 6 heteroatoms. The highest BCUT2D eigenvalue weighted by Crippen LogP contribution is 2.30. The topological polar surface area (TPSA) is 88.0 Å². The van der Waals surface area contributed by atoms with Gasteiger partial charge in [-0.1, -0.05) is 32.4 Å². The summed E-state index contributed by atoms with van der Waals surface area (Å²) in [4.78, 5) is 12.2. The molecule has 1 saturated heterocycles. The molecule has 0 bridgehead atoms. The Kier molecular flexibility index (Phi) is 8.03. The van der Waals surface area contributed by atoms with Gasteiger partial charge in [0.25, 0.3) is 5.91 Å². The van der Waals surface area contributed by atoms with Crippen LogP contribution in [0, 0.1) is 5.92 Å². The Morgan fingerprint density at radius 3 is 2.77 bits per heavy atom. The van der Waals surface area contributed by atoms with Gasteiger partial charge in [0.05, 0.1) is 12.2 Å². The van der Waals surface area contributed by atoms with Crippen molar-refractivity contribution >= 4 is 5.91 Å². The summed E-state index contributed by atoms with van der Waals surface area (Å²) >= 11 is 0. The highest BCUT2D eigenvalue weighted by Gasteiger charge is 2.36. The largest absolute Gasteiger partial charge is 0.381 e. The van der Waals surface area contributed by atoms with Crippen LogP contribution < -0.4 is 5.32 Å². The third kappa shape index (κ3) is 5.35. The molecule has 0 spiro atoms. The Morgan fingerprint density at radius 2 is 2.23 bits per heavy atom. The highest BCUT2D eigenvalue weighted by molar-refractivity contribution is 5.81. The van der Waals surface area contributed by atoms with Crippen LogP contribution in [-0.4, -0.2) is 47.5 Å². The number of ether oxygens (including phenoxy) is 2. The van der Waals surface area contributed by atoms with Crippen molar-refractivity contribution in [1.82, 2.24) is 5.32 Å². The van der Waals surface area contributed by atoms with Crippen molar-refractivity contribution < 1.29 is 24.5 Å². The molecular formula is C16H29NO5. The summed E-state index contributed by atoms with van der Waals surface area (Å²) in [5.41, 5.74) is 0.977. The Hall–Kier alpha value is -0.950. The number of nitrogens with one attached hydrogen (secondary N) is 1. The van der Waals surface area contributed by atoms with E-state index in [2.05, 4.69) is 11.9 Å². The molecule has 0 saturated carbocycles. The SMILES string of the molecule is C=C1CC(C(O)C(=O)NC(CCCC)OCO)OC(C)[C@@H]1C. The second-order valence-corrected chi connectivity index (χ2v) is 5.91. The van der Waals surface area contributed by atoms with E-state index in [0.29, 0.717) is 12.8 Å². The summed E-state index contributed by atoms with van der Waals surface area (Å²) in [7, 11) is 0. The molecule has 4 unspecified atom stereocenters. The van der Waals surface area contributed by atoms with Gasteiger partial charge < -0.3 is 25.0 Å². The van der Waals surface area contributed by atoms with Crippen LogP contribution in [0.15, 0.2) is 12.2 Å². The van der Waals surface area contributed by atoms with Gasteiger partial charge in [-0.3, -0.25) is 4.79 Å². The van der Waals surface area contributed by atoms with E-state index in [4.69, 9.17) is 14.6 Å². The van der Waals surface area contributed by atoms with Gasteiger partial charge in [0.15, 0.2) is 6.10 Å². The van der Waals surface area contributed by atoms with Gasteiger partial charge in [-0.2, -0.15) is 0 Å². The van der Waals surface area contributed by atoms with Crippen molar-refractivity contribution in [3.05, 3.63) is 12.2 Å². The van der Waals surface area contributed by atoms with Crippen LogP contribution in [0.2, 0.25) is 0 Å². The smallest absolute Gasteiger partial charge is 0.253 e. The van der Waals surface area contributed by atoms with Crippen molar-refractivity contribution in [2.24, 2.45) is 5.92 Å². The first kappa shape index (κ1) is 19.1. The minimum Gasteiger partial charge on any atom is -0.381 e. The van der Waals surface area contributed by atoms with E-state index in [0.717, 1.165) is 18.4 Å². The Balaban J connectivity index is 2.57. The molecule has 1 aliphatic heterocycles. The zero-order chi connectivity index (χ0) is 16.7. The molecule has 1 aliphatic rings. The summed E-state index contributed by atoms with van der Waals surface area (Å²) < 4.78 is 10.8. The molecule has 0 aromatic heterocycles. The Labute approximate surface area is 132 Å². The third-order valence-electron chi connectivity index (χ3n) is 4.22. The number of hydrogen-bond donors (Lipinski definition) is 3. The zero-order valence-electron chi connectivity index (χ0n) is 13.7. The maximum atomic E-state index is 12.2. The maximum absolute atomic E-state index is 12.2. The summed E-state index contributed by atoms with van der Waals surface area (Å²) in [6, 6.07) is 0. The van der Waals surface area contributed by atoms with Crippen molar-refractivity contribution in [2.45, 2.75) is 71.0 Å². The average molecular weight is 315 g/mol. The molecule has 1 amide bonds.